The molecular weight excluding hydrogens is 553 g/mol. The normalized spacial score (nSPS) is 12.1. The first-order valence-electron chi connectivity index (χ1n) is 15.0. The minimum absolute atomic E-state index is 0.919. The maximum absolute atomic E-state index is 6.74. The van der Waals surface area contributed by atoms with Crippen LogP contribution in [0, 0.1) is 0 Å². The molecule has 0 fully saturated rings. The Morgan fingerprint density at radius 3 is 1.73 bits per heavy atom. The minimum Gasteiger partial charge on any atom is -0.455 e. The molecule has 0 bridgehead atoms. The second-order valence-electron chi connectivity index (χ2n) is 11.6. The van der Waals surface area contributed by atoms with E-state index in [0.29, 0.717) is 0 Å². The van der Waals surface area contributed by atoms with Crippen LogP contribution in [-0.2, 0) is 0 Å². The fourth-order valence-electron chi connectivity index (χ4n) is 7.37. The standard InChI is InChI=1S/C42H24OS/c1-2-10-25(11-3-1)38-28-12-4-6-14-30(28)39(31-15-7-5-13-29(31)38)27-19-22-35-34(24-27)32-21-18-26-20-23-37-41(40(26)42(32)43-35)33-16-8-9-17-36(33)44-37/h1-24H. The zero-order valence-electron chi connectivity index (χ0n) is 23.7. The van der Waals surface area contributed by atoms with Gasteiger partial charge in [-0.25, -0.2) is 0 Å². The number of hydrogen-bond acceptors (Lipinski definition) is 2. The van der Waals surface area contributed by atoms with Crippen LogP contribution in [0.25, 0.3) is 96.7 Å². The van der Waals surface area contributed by atoms with Crippen LogP contribution in [0.3, 0.4) is 0 Å². The molecule has 0 aliphatic carbocycles. The summed E-state index contributed by atoms with van der Waals surface area (Å²) in [6, 6.07) is 52.9. The maximum Gasteiger partial charge on any atom is 0.143 e. The molecule has 0 saturated carbocycles. The van der Waals surface area contributed by atoms with Crippen molar-refractivity contribution in [2.24, 2.45) is 0 Å². The molecule has 0 aliphatic heterocycles. The van der Waals surface area contributed by atoms with Crippen molar-refractivity contribution in [1.29, 1.82) is 0 Å². The van der Waals surface area contributed by atoms with Crippen molar-refractivity contribution in [2.75, 3.05) is 0 Å². The van der Waals surface area contributed by atoms with Gasteiger partial charge in [-0.15, -0.1) is 11.3 Å². The van der Waals surface area contributed by atoms with E-state index in [1.807, 2.05) is 11.3 Å². The smallest absolute Gasteiger partial charge is 0.143 e. The summed E-state index contributed by atoms with van der Waals surface area (Å²) in [4.78, 5) is 0. The molecule has 0 saturated heterocycles. The molecule has 0 amide bonds. The highest BCUT2D eigenvalue weighted by Gasteiger charge is 2.19. The number of benzene rings is 8. The summed E-state index contributed by atoms with van der Waals surface area (Å²) in [7, 11) is 0. The van der Waals surface area contributed by atoms with Gasteiger partial charge in [-0.1, -0.05) is 115 Å². The first kappa shape index (κ1) is 24.0. The molecule has 0 atom stereocenters. The van der Waals surface area contributed by atoms with Gasteiger partial charge in [-0.2, -0.15) is 0 Å². The molecule has 0 unspecified atom stereocenters. The lowest BCUT2D eigenvalue weighted by molar-refractivity contribution is 0.673. The highest BCUT2D eigenvalue weighted by atomic mass is 32.1. The topological polar surface area (TPSA) is 13.1 Å². The van der Waals surface area contributed by atoms with E-state index in [1.165, 1.54) is 74.7 Å². The van der Waals surface area contributed by atoms with Gasteiger partial charge in [0.25, 0.3) is 0 Å². The van der Waals surface area contributed by atoms with Gasteiger partial charge in [0.15, 0.2) is 0 Å². The highest BCUT2D eigenvalue weighted by molar-refractivity contribution is 7.26. The predicted octanol–water partition coefficient (Wildman–Crippen LogP) is 12.7. The van der Waals surface area contributed by atoms with Crippen LogP contribution < -0.4 is 0 Å². The predicted molar refractivity (Wildman–Crippen MR) is 190 cm³/mol. The van der Waals surface area contributed by atoms with E-state index in [2.05, 4.69) is 146 Å². The molecule has 10 rings (SSSR count). The van der Waals surface area contributed by atoms with Crippen molar-refractivity contribution >= 4 is 85.8 Å². The third-order valence-electron chi connectivity index (χ3n) is 9.24. The lowest BCUT2D eigenvalue weighted by atomic mass is 9.86. The number of thiophene rings is 1. The Morgan fingerprint density at radius 2 is 1.00 bits per heavy atom. The molecule has 2 heterocycles. The van der Waals surface area contributed by atoms with Crippen LogP contribution in [0.5, 0.6) is 0 Å². The van der Waals surface area contributed by atoms with Crippen LogP contribution in [0.4, 0.5) is 0 Å². The summed E-state index contributed by atoms with van der Waals surface area (Å²) in [6.45, 7) is 0. The van der Waals surface area contributed by atoms with Gasteiger partial charge in [0, 0.05) is 36.3 Å². The van der Waals surface area contributed by atoms with E-state index in [9.17, 15) is 0 Å². The van der Waals surface area contributed by atoms with Crippen molar-refractivity contribution < 1.29 is 4.42 Å². The highest BCUT2D eigenvalue weighted by Crippen LogP contribution is 2.46. The van der Waals surface area contributed by atoms with Crippen LogP contribution in [0.1, 0.15) is 0 Å². The van der Waals surface area contributed by atoms with Crippen molar-refractivity contribution in [3.8, 4) is 22.3 Å². The second-order valence-corrected chi connectivity index (χ2v) is 12.7. The third kappa shape index (κ3) is 3.29. The van der Waals surface area contributed by atoms with Crippen LogP contribution in [-0.4, -0.2) is 0 Å². The average Bonchev–Trinajstić information content (AvgIpc) is 3.65. The fourth-order valence-corrected chi connectivity index (χ4v) is 8.48. The maximum atomic E-state index is 6.74. The van der Waals surface area contributed by atoms with E-state index in [-0.39, 0.29) is 0 Å². The summed E-state index contributed by atoms with van der Waals surface area (Å²) < 4.78 is 9.34. The number of hydrogen-bond donors (Lipinski definition) is 0. The molecular formula is C42H24OS. The minimum atomic E-state index is 0.919. The fraction of sp³-hybridized carbons (Fsp3) is 0. The summed E-state index contributed by atoms with van der Waals surface area (Å²) in [5.74, 6) is 0. The first-order valence-corrected chi connectivity index (χ1v) is 15.8. The summed E-state index contributed by atoms with van der Waals surface area (Å²) in [5.41, 5.74) is 6.88. The molecule has 0 N–H and O–H groups in total. The van der Waals surface area contributed by atoms with Gasteiger partial charge >= 0.3 is 0 Å². The van der Waals surface area contributed by atoms with Gasteiger partial charge in [-0.3, -0.25) is 0 Å². The third-order valence-corrected chi connectivity index (χ3v) is 10.4. The molecule has 204 valence electrons. The lowest BCUT2D eigenvalue weighted by Gasteiger charge is -2.17. The van der Waals surface area contributed by atoms with E-state index in [0.717, 1.165) is 21.9 Å². The average molecular weight is 577 g/mol. The summed E-state index contributed by atoms with van der Waals surface area (Å²) >= 11 is 1.85. The van der Waals surface area contributed by atoms with Gasteiger partial charge in [0.2, 0.25) is 0 Å². The van der Waals surface area contributed by atoms with Crippen molar-refractivity contribution in [3.05, 3.63) is 146 Å². The van der Waals surface area contributed by atoms with Gasteiger partial charge in [0.05, 0.1) is 0 Å². The summed E-state index contributed by atoms with van der Waals surface area (Å²) in [6.07, 6.45) is 0. The molecule has 2 heteroatoms. The second kappa shape index (κ2) is 9.03. The Hall–Kier alpha value is -5.44. The first-order chi connectivity index (χ1) is 21.8. The van der Waals surface area contributed by atoms with E-state index < -0.39 is 0 Å². The van der Waals surface area contributed by atoms with Crippen molar-refractivity contribution in [2.45, 2.75) is 0 Å². The molecule has 0 aliphatic rings. The van der Waals surface area contributed by atoms with E-state index in [1.54, 1.807) is 0 Å². The molecule has 8 aromatic carbocycles. The molecule has 1 nitrogen and oxygen atoms in total. The summed E-state index contributed by atoms with van der Waals surface area (Å²) in [5, 5.41) is 12.4. The SMILES string of the molecule is c1ccc(-c2c3ccccc3c(-c3ccc4oc5c(ccc6ccc7sc8ccccc8c7c65)c4c3)c3ccccc23)cc1. The Balaban J connectivity index is 1.30. The number of furan rings is 1. The van der Waals surface area contributed by atoms with Crippen molar-refractivity contribution in [3.63, 3.8) is 0 Å². The van der Waals surface area contributed by atoms with Crippen LogP contribution in [0.2, 0.25) is 0 Å². The van der Waals surface area contributed by atoms with Gasteiger partial charge in [-0.05, 0) is 79.5 Å². The van der Waals surface area contributed by atoms with Crippen LogP contribution >= 0.6 is 11.3 Å². The molecule has 0 spiro atoms. The lowest BCUT2D eigenvalue weighted by Crippen LogP contribution is -1.90. The number of rotatable bonds is 2. The van der Waals surface area contributed by atoms with Gasteiger partial charge < -0.3 is 4.42 Å². The zero-order chi connectivity index (χ0) is 28.8. The molecule has 2 aromatic heterocycles. The largest absolute Gasteiger partial charge is 0.455 e. The molecule has 44 heavy (non-hydrogen) atoms. The molecule has 10 aromatic rings. The Kier molecular flexibility index (Phi) is 4.94. The quantitative estimate of drug-likeness (QED) is 0.187. The monoisotopic (exact) mass is 576 g/mol. The Morgan fingerprint density at radius 1 is 0.386 bits per heavy atom. The molecule has 0 radical (unpaired) electrons. The van der Waals surface area contributed by atoms with Gasteiger partial charge in [0.1, 0.15) is 11.2 Å². The zero-order valence-corrected chi connectivity index (χ0v) is 24.5. The Labute approximate surface area is 257 Å². The van der Waals surface area contributed by atoms with E-state index >= 15 is 0 Å². The number of fused-ring (bicyclic) bond motifs is 11. The van der Waals surface area contributed by atoms with E-state index in [4.69, 9.17) is 4.42 Å². The van der Waals surface area contributed by atoms with Crippen LogP contribution in [0.15, 0.2) is 150 Å². The van der Waals surface area contributed by atoms with Crippen molar-refractivity contribution in [1.82, 2.24) is 0 Å². The Bertz CT molecular complexity index is 2710.